The zero-order chi connectivity index (χ0) is 18.2. The second-order valence-electron chi connectivity index (χ2n) is 6.26. The van der Waals surface area contributed by atoms with Crippen LogP contribution < -0.4 is 10.7 Å². The molecule has 3 heterocycles. The number of cyclic esters (lactones) is 1. The van der Waals surface area contributed by atoms with Crippen molar-refractivity contribution in [2.75, 3.05) is 50.4 Å². The third-order valence-electron chi connectivity index (χ3n) is 4.52. The molecule has 0 aliphatic carbocycles. The molecular formula is C13H21N5O6S. The van der Waals surface area contributed by atoms with Gasteiger partial charge >= 0.3 is 11.8 Å². The smallest absolute Gasteiger partial charge is 0.427 e. The van der Waals surface area contributed by atoms with E-state index in [0.717, 1.165) is 19.3 Å². The van der Waals surface area contributed by atoms with Crippen LogP contribution in [-0.2, 0) is 14.6 Å². The van der Waals surface area contributed by atoms with Gasteiger partial charge in [-0.05, 0) is 12.1 Å². The first-order valence-corrected chi connectivity index (χ1v) is 9.90. The predicted molar refractivity (Wildman–Crippen MR) is 87.1 cm³/mol. The Morgan fingerprint density at radius 1 is 1.20 bits per heavy atom. The summed E-state index contributed by atoms with van der Waals surface area (Å²) in [5.41, 5.74) is -1.11. The summed E-state index contributed by atoms with van der Waals surface area (Å²) in [5.74, 6) is -0.170. The minimum atomic E-state index is -3.45. The van der Waals surface area contributed by atoms with Gasteiger partial charge in [0.2, 0.25) is 11.4 Å². The maximum atomic E-state index is 11.9. The molecular weight excluding hydrogens is 354 g/mol. The van der Waals surface area contributed by atoms with Crippen LogP contribution in [0.4, 0.5) is 10.7 Å². The third kappa shape index (κ3) is 3.79. The third-order valence-corrected chi connectivity index (χ3v) is 5.85. The minimum Gasteiger partial charge on any atom is -0.427 e. The fourth-order valence-corrected chi connectivity index (χ4v) is 4.23. The highest BCUT2D eigenvalue weighted by Crippen LogP contribution is 2.23. The molecule has 25 heavy (non-hydrogen) atoms. The summed E-state index contributed by atoms with van der Waals surface area (Å²) in [6, 6.07) is -0.510. The van der Waals surface area contributed by atoms with E-state index in [1.54, 1.807) is 6.92 Å². The number of aromatic amines is 1. The molecule has 1 N–H and O–H groups in total. The first-order chi connectivity index (χ1) is 11.8. The van der Waals surface area contributed by atoms with Gasteiger partial charge in [-0.3, -0.25) is 19.3 Å². The van der Waals surface area contributed by atoms with Gasteiger partial charge in [0.15, 0.2) is 9.84 Å². The fraction of sp³-hybridized carbons (Fsp3) is 0.769. The van der Waals surface area contributed by atoms with Gasteiger partial charge < -0.3 is 9.64 Å². The molecule has 0 radical (unpaired) electrons. The number of carbonyl (C=O) groups excluding carboxylic acids is 1. The predicted octanol–water partition coefficient (Wildman–Crippen LogP) is -1.30. The number of ether oxygens (including phenoxy) is 1. The van der Waals surface area contributed by atoms with E-state index in [-0.39, 0.29) is 0 Å². The maximum absolute atomic E-state index is 11.9. The van der Waals surface area contributed by atoms with Crippen molar-refractivity contribution in [2.45, 2.75) is 18.4 Å². The maximum Gasteiger partial charge on any atom is 0.440 e. The lowest BCUT2D eigenvalue weighted by atomic mass is 10.3. The van der Waals surface area contributed by atoms with Crippen molar-refractivity contribution in [3.05, 3.63) is 10.6 Å². The second-order valence-corrected chi connectivity index (χ2v) is 8.39. The van der Waals surface area contributed by atoms with Crippen LogP contribution in [0.25, 0.3) is 0 Å². The molecule has 0 bridgehead atoms. The van der Waals surface area contributed by atoms with Gasteiger partial charge in [0.1, 0.15) is 0 Å². The monoisotopic (exact) mass is 375 g/mol. The van der Waals surface area contributed by atoms with Crippen LogP contribution in [0.3, 0.4) is 0 Å². The molecule has 0 saturated carbocycles. The number of hydrogen-bond acceptors (Lipinski definition) is 9. The van der Waals surface area contributed by atoms with Crippen LogP contribution in [0.15, 0.2) is 9.32 Å². The topological polar surface area (TPSA) is 129 Å². The molecule has 12 heteroatoms. The summed E-state index contributed by atoms with van der Waals surface area (Å²) in [7, 11) is -3.45. The summed E-state index contributed by atoms with van der Waals surface area (Å²) in [5, 5.41) is 3.66. The molecule has 1 amide bonds. The van der Waals surface area contributed by atoms with Gasteiger partial charge in [-0.1, -0.05) is 0 Å². The number of nitrogens with one attached hydrogen (secondary N) is 1. The Balaban J connectivity index is 1.50. The van der Waals surface area contributed by atoms with Gasteiger partial charge in [0.25, 0.3) is 0 Å². The molecule has 0 aromatic carbocycles. The standard InChI is InChI=1S/C13H21N5O6S/c1-9-10(25(2,21)22)23-13(20)18(9)8-5-16-3-6-17(7-4-16)11-14-12(19)24-15-11/h9-10H,3-8H2,1-2H3,(H,14,15,19). The average Bonchev–Trinajstić information content (AvgIpc) is 3.10. The highest BCUT2D eigenvalue weighted by atomic mass is 32.2. The molecule has 2 aliphatic rings. The van der Waals surface area contributed by atoms with E-state index < -0.39 is 33.2 Å². The lowest BCUT2D eigenvalue weighted by Gasteiger charge is -2.34. The average molecular weight is 375 g/mol. The van der Waals surface area contributed by atoms with E-state index in [9.17, 15) is 18.0 Å². The van der Waals surface area contributed by atoms with Gasteiger partial charge in [-0.15, -0.1) is 0 Å². The van der Waals surface area contributed by atoms with Crippen LogP contribution in [0.1, 0.15) is 6.92 Å². The van der Waals surface area contributed by atoms with Gasteiger partial charge in [-0.2, -0.15) is 0 Å². The Morgan fingerprint density at radius 2 is 1.88 bits per heavy atom. The largest absolute Gasteiger partial charge is 0.440 e. The molecule has 11 nitrogen and oxygen atoms in total. The Kier molecular flexibility index (Phi) is 4.73. The first-order valence-electron chi connectivity index (χ1n) is 7.95. The Labute approximate surface area is 144 Å². The molecule has 3 rings (SSSR count). The van der Waals surface area contributed by atoms with Crippen LogP contribution in [0, 0.1) is 0 Å². The SMILES string of the molecule is CC1C(S(C)(=O)=O)OC(=O)N1CCN1CCN(c2noc(=O)[nH]2)CC1. The molecule has 2 aliphatic heterocycles. The van der Waals surface area contributed by atoms with E-state index in [2.05, 4.69) is 19.6 Å². The highest BCUT2D eigenvalue weighted by molar-refractivity contribution is 7.91. The molecule has 2 fully saturated rings. The normalized spacial score (nSPS) is 25.4. The van der Waals surface area contributed by atoms with Crippen molar-refractivity contribution in [2.24, 2.45) is 0 Å². The number of hydrogen-bond donors (Lipinski definition) is 1. The minimum absolute atomic E-state index is 0.396. The zero-order valence-electron chi connectivity index (χ0n) is 14.0. The molecule has 140 valence electrons. The van der Waals surface area contributed by atoms with E-state index in [4.69, 9.17) is 4.74 Å². The van der Waals surface area contributed by atoms with Crippen molar-refractivity contribution in [1.29, 1.82) is 0 Å². The van der Waals surface area contributed by atoms with Crippen molar-refractivity contribution in [3.63, 3.8) is 0 Å². The number of amides is 1. The van der Waals surface area contributed by atoms with E-state index in [1.807, 2.05) is 4.90 Å². The second kappa shape index (κ2) is 6.67. The fourth-order valence-electron chi connectivity index (χ4n) is 3.11. The van der Waals surface area contributed by atoms with Gasteiger partial charge in [-0.25, -0.2) is 18.0 Å². The lowest BCUT2D eigenvalue weighted by Crippen LogP contribution is -2.49. The number of rotatable bonds is 5. The molecule has 2 atom stereocenters. The number of aromatic nitrogens is 2. The number of sulfone groups is 1. The Hall–Kier alpha value is -2.08. The summed E-state index contributed by atoms with van der Waals surface area (Å²) < 4.78 is 32.8. The van der Waals surface area contributed by atoms with Gasteiger partial charge in [0.05, 0.1) is 6.04 Å². The zero-order valence-corrected chi connectivity index (χ0v) is 14.9. The van der Waals surface area contributed by atoms with Crippen LogP contribution in [0.2, 0.25) is 0 Å². The van der Waals surface area contributed by atoms with Gasteiger partial charge in [0, 0.05) is 45.5 Å². The first kappa shape index (κ1) is 17.7. The summed E-state index contributed by atoms with van der Waals surface area (Å²) in [6.07, 6.45) is 0.472. The Bertz CT molecular complexity index is 781. The number of piperazine rings is 1. The molecule has 2 unspecified atom stereocenters. The summed E-state index contributed by atoms with van der Waals surface area (Å²) >= 11 is 0. The van der Waals surface area contributed by atoms with Crippen molar-refractivity contribution >= 4 is 21.9 Å². The van der Waals surface area contributed by atoms with E-state index in [1.165, 1.54) is 4.90 Å². The quantitative estimate of drug-likeness (QED) is 0.667. The number of H-pyrrole nitrogens is 1. The molecule has 1 aromatic heterocycles. The number of carbonyl (C=O) groups is 1. The molecule has 0 spiro atoms. The molecule has 1 aromatic rings. The summed E-state index contributed by atoms with van der Waals surface area (Å²) in [4.78, 5) is 30.9. The highest BCUT2D eigenvalue weighted by Gasteiger charge is 2.44. The van der Waals surface area contributed by atoms with Crippen molar-refractivity contribution < 1.29 is 22.5 Å². The Morgan fingerprint density at radius 3 is 2.40 bits per heavy atom. The number of nitrogens with zero attached hydrogens (tertiary/aromatic N) is 4. The summed E-state index contributed by atoms with van der Waals surface area (Å²) in [6.45, 7) is 5.45. The number of anilines is 1. The van der Waals surface area contributed by atoms with Crippen molar-refractivity contribution in [3.8, 4) is 0 Å². The lowest BCUT2D eigenvalue weighted by molar-refractivity contribution is 0.146. The van der Waals surface area contributed by atoms with E-state index in [0.29, 0.717) is 32.1 Å². The van der Waals surface area contributed by atoms with Crippen molar-refractivity contribution in [1.82, 2.24) is 19.9 Å². The van der Waals surface area contributed by atoms with Crippen LogP contribution >= 0.6 is 0 Å². The van der Waals surface area contributed by atoms with Crippen LogP contribution in [0.5, 0.6) is 0 Å². The van der Waals surface area contributed by atoms with E-state index >= 15 is 0 Å². The van der Waals surface area contributed by atoms with Crippen LogP contribution in [-0.4, -0.2) is 91.5 Å². The molecule has 2 saturated heterocycles.